The quantitative estimate of drug-likeness (QED) is 0.646. The van der Waals surface area contributed by atoms with Gasteiger partial charge in [-0.05, 0) is 28.1 Å². The Bertz CT molecular complexity index is 749. The number of carbonyl (C=O) groups excluding carboxylic acids is 1. The van der Waals surface area contributed by atoms with Gasteiger partial charge < -0.3 is 0 Å². The second-order valence-electron chi connectivity index (χ2n) is 4.63. The lowest BCUT2D eigenvalue weighted by atomic mass is 10.0. The highest BCUT2D eigenvalue weighted by atomic mass is 79.9. The van der Waals surface area contributed by atoms with Crippen molar-refractivity contribution in [3.05, 3.63) is 88.5 Å². The predicted molar refractivity (Wildman–Crippen MR) is 87.2 cm³/mol. The van der Waals surface area contributed by atoms with E-state index in [1.807, 2.05) is 66.7 Å². The third-order valence-corrected chi connectivity index (χ3v) is 3.68. The second kappa shape index (κ2) is 6.02. The first kappa shape index (κ1) is 13.7. The molecule has 0 fully saturated rings. The van der Waals surface area contributed by atoms with Crippen LogP contribution in [0.4, 0.5) is 0 Å². The van der Waals surface area contributed by atoms with Crippen LogP contribution in [-0.4, -0.2) is 10.8 Å². The van der Waals surface area contributed by atoms with Crippen LogP contribution in [-0.2, 0) is 0 Å². The van der Waals surface area contributed by atoms with Crippen molar-refractivity contribution >= 4 is 21.7 Å². The van der Waals surface area contributed by atoms with Crippen molar-refractivity contribution in [1.82, 2.24) is 4.98 Å². The summed E-state index contributed by atoms with van der Waals surface area (Å²) in [5, 5.41) is 0. The van der Waals surface area contributed by atoms with Crippen molar-refractivity contribution in [3.63, 3.8) is 0 Å². The number of hydrogen-bond acceptors (Lipinski definition) is 2. The largest absolute Gasteiger partial charge is 0.289 e. The Labute approximate surface area is 131 Å². The Hall–Kier alpha value is -2.26. The zero-order valence-corrected chi connectivity index (χ0v) is 12.7. The maximum Gasteiger partial charge on any atom is 0.193 e. The number of carbonyl (C=O) groups is 1. The van der Waals surface area contributed by atoms with Crippen LogP contribution in [0, 0.1) is 0 Å². The molecular formula is C18H12BrNO. The van der Waals surface area contributed by atoms with E-state index in [9.17, 15) is 4.79 Å². The summed E-state index contributed by atoms with van der Waals surface area (Å²) in [6.07, 6.45) is 1.76. The molecule has 0 saturated heterocycles. The molecule has 0 atom stereocenters. The highest BCUT2D eigenvalue weighted by molar-refractivity contribution is 9.10. The van der Waals surface area contributed by atoms with E-state index >= 15 is 0 Å². The van der Waals surface area contributed by atoms with E-state index in [2.05, 4.69) is 20.9 Å². The van der Waals surface area contributed by atoms with Gasteiger partial charge in [0.15, 0.2) is 5.78 Å². The van der Waals surface area contributed by atoms with Crippen LogP contribution in [0.15, 0.2) is 77.4 Å². The van der Waals surface area contributed by atoms with Gasteiger partial charge in [-0.1, -0.05) is 54.6 Å². The molecule has 0 N–H and O–H groups in total. The molecule has 0 aliphatic rings. The molecule has 3 rings (SSSR count). The van der Waals surface area contributed by atoms with Crippen LogP contribution in [0.5, 0.6) is 0 Å². The van der Waals surface area contributed by atoms with E-state index in [1.165, 1.54) is 0 Å². The molecule has 3 heteroatoms. The molecular weight excluding hydrogens is 326 g/mol. The Morgan fingerprint density at radius 2 is 1.48 bits per heavy atom. The fraction of sp³-hybridized carbons (Fsp3) is 0. The van der Waals surface area contributed by atoms with Crippen LogP contribution in [0.1, 0.15) is 15.9 Å². The first-order chi connectivity index (χ1) is 10.2. The number of rotatable bonds is 3. The van der Waals surface area contributed by atoms with Crippen LogP contribution in [0.25, 0.3) is 11.3 Å². The molecule has 21 heavy (non-hydrogen) atoms. The Balaban J connectivity index is 1.87. The van der Waals surface area contributed by atoms with Gasteiger partial charge in [0.2, 0.25) is 0 Å². The molecule has 3 aromatic rings. The molecule has 0 bridgehead atoms. The summed E-state index contributed by atoms with van der Waals surface area (Å²) < 4.78 is 0.946. The third kappa shape index (κ3) is 3.09. The number of pyridine rings is 1. The minimum absolute atomic E-state index is 0.0333. The van der Waals surface area contributed by atoms with Gasteiger partial charge >= 0.3 is 0 Å². The van der Waals surface area contributed by atoms with Gasteiger partial charge in [-0.2, -0.15) is 0 Å². The molecule has 0 saturated carbocycles. The van der Waals surface area contributed by atoms with Gasteiger partial charge in [0.25, 0.3) is 0 Å². The highest BCUT2D eigenvalue weighted by Gasteiger charge is 2.08. The molecule has 102 valence electrons. The first-order valence-electron chi connectivity index (χ1n) is 6.56. The normalized spacial score (nSPS) is 10.3. The number of benzene rings is 2. The summed E-state index contributed by atoms with van der Waals surface area (Å²) in [4.78, 5) is 16.7. The third-order valence-electron chi connectivity index (χ3n) is 3.21. The van der Waals surface area contributed by atoms with Crippen molar-refractivity contribution in [2.75, 3.05) is 0 Å². The van der Waals surface area contributed by atoms with Gasteiger partial charge in [0.1, 0.15) is 0 Å². The minimum Gasteiger partial charge on any atom is -0.289 e. The van der Waals surface area contributed by atoms with Crippen LogP contribution < -0.4 is 0 Å². The topological polar surface area (TPSA) is 30.0 Å². The van der Waals surface area contributed by atoms with Gasteiger partial charge in [0, 0.05) is 27.4 Å². The number of hydrogen-bond donors (Lipinski definition) is 0. The van der Waals surface area contributed by atoms with E-state index in [0.29, 0.717) is 11.1 Å². The first-order valence-corrected chi connectivity index (χ1v) is 7.35. The lowest BCUT2D eigenvalue weighted by molar-refractivity contribution is 0.103. The number of ketones is 1. The number of halogens is 1. The summed E-state index contributed by atoms with van der Waals surface area (Å²) in [5.41, 5.74) is 3.26. The molecule has 0 radical (unpaired) electrons. The van der Waals surface area contributed by atoms with Gasteiger partial charge in [-0.3, -0.25) is 9.78 Å². The molecule has 1 aromatic heterocycles. The predicted octanol–water partition coefficient (Wildman–Crippen LogP) is 4.74. The molecule has 0 aliphatic heterocycles. The SMILES string of the molecule is O=C(c1ccccc1)c1ccc(-c2ccc(Br)cn2)cc1. The zero-order chi connectivity index (χ0) is 14.7. The summed E-state index contributed by atoms with van der Waals surface area (Å²) in [6.45, 7) is 0. The maximum atomic E-state index is 12.3. The van der Waals surface area contributed by atoms with Crippen LogP contribution >= 0.6 is 15.9 Å². The Morgan fingerprint density at radius 3 is 2.10 bits per heavy atom. The van der Waals surface area contributed by atoms with E-state index in [4.69, 9.17) is 0 Å². The minimum atomic E-state index is 0.0333. The van der Waals surface area contributed by atoms with E-state index < -0.39 is 0 Å². The van der Waals surface area contributed by atoms with E-state index in [-0.39, 0.29) is 5.78 Å². The average molecular weight is 338 g/mol. The van der Waals surface area contributed by atoms with Crippen LogP contribution in [0.3, 0.4) is 0 Å². The lowest BCUT2D eigenvalue weighted by Crippen LogP contribution is -2.00. The van der Waals surface area contributed by atoms with E-state index in [1.54, 1.807) is 6.20 Å². The monoisotopic (exact) mass is 337 g/mol. The molecule has 0 amide bonds. The van der Waals surface area contributed by atoms with Gasteiger partial charge in [-0.25, -0.2) is 0 Å². The average Bonchev–Trinajstić information content (AvgIpc) is 2.56. The number of nitrogens with zero attached hydrogens (tertiary/aromatic N) is 1. The summed E-state index contributed by atoms with van der Waals surface area (Å²) in [7, 11) is 0. The summed E-state index contributed by atoms with van der Waals surface area (Å²) >= 11 is 3.37. The van der Waals surface area contributed by atoms with E-state index in [0.717, 1.165) is 15.7 Å². The van der Waals surface area contributed by atoms with Crippen molar-refractivity contribution in [3.8, 4) is 11.3 Å². The smallest absolute Gasteiger partial charge is 0.193 e. The van der Waals surface area contributed by atoms with Crippen molar-refractivity contribution in [2.24, 2.45) is 0 Å². The van der Waals surface area contributed by atoms with Crippen molar-refractivity contribution in [2.45, 2.75) is 0 Å². The molecule has 2 aromatic carbocycles. The maximum absolute atomic E-state index is 12.3. The summed E-state index contributed by atoms with van der Waals surface area (Å²) in [6, 6.07) is 20.7. The standard InChI is InChI=1S/C18H12BrNO/c19-16-10-11-17(20-12-16)13-6-8-15(9-7-13)18(21)14-4-2-1-3-5-14/h1-12H. The zero-order valence-electron chi connectivity index (χ0n) is 11.2. The van der Waals surface area contributed by atoms with Crippen LogP contribution in [0.2, 0.25) is 0 Å². The summed E-state index contributed by atoms with van der Waals surface area (Å²) in [5.74, 6) is 0.0333. The fourth-order valence-corrected chi connectivity index (χ4v) is 2.33. The second-order valence-corrected chi connectivity index (χ2v) is 5.55. The van der Waals surface area contributed by atoms with Crippen molar-refractivity contribution < 1.29 is 4.79 Å². The molecule has 2 nitrogen and oxygen atoms in total. The molecule has 0 aliphatic carbocycles. The molecule has 0 spiro atoms. The van der Waals surface area contributed by atoms with Gasteiger partial charge in [-0.15, -0.1) is 0 Å². The lowest BCUT2D eigenvalue weighted by Gasteiger charge is -2.04. The fourth-order valence-electron chi connectivity index (χ4n) is 2.10. The molecule has 0 unspecified atom stereocenters. The van der Waals surface area contributed by atoms with Gasteiger partial charge in [0.05, 0.1) is 5.69 Å². The van der Waals surface area contributed by atoms with Crippen molar-refractivity contribution in [1.29, 1.82) is 0 Å². The molecule has 1 heterocycles. The Kier molecular flexibility index (Phi) is 3.93. The number of aromatic nitrogens is 1. The highest BCUT2D eigenvalue weighted by Crippen LogP contribution is 2.20. The Morgan fingerprint density at radius 1 is 0.810 bits per heavy atom.